The Bertz CT molecular complexity index is 540. The first-order valence-corrected chi connectivity index (χ1v) is 12.9. The van der Waals surface area contributed by atoms with Gasteiger partial charge in [-0.1, -0.05) is 53.9 Å². The van der Waals surface area contributed by atoms with Crippen LogP contribution in [0.4, 0.5) is 0 Å². The Hall–Kier alpha value is -0.0400. The third-order valence-electron chi connectivity index (χ3n) is 10.8. The van der Waals surface area contributed by atoms with Gasteiger partial charge in [-0.3, -0.25) is 0 Å². The van der Waals surface area contributed by atoms with E-state index in [1.165, 1.54) is 64.2 Å². The molecule has 0 radical (unpaired) electrons. The molecule has 0 aromatic rings. The molecule has 4 aliphatic carbocycles. The maximum atomic E-state index is 10.3. The van der Waals surface area contributed by atoms with Crippen molar-refractivity contribution in [2.75, 3.05) is 0 Å². The first kappa shape index (κ1) is 21.2. The summed E-state index contributed by atoms with van der Waals surface area (Å²) in [6.07, 6.45) is 16.6. The van der Waals surface area contributed by atoms with Crippen LogP contribution in [-0.2, 0) is 0 Å². The van der Waals surface area contributed by atoms with Gasteiger partial charge in [0.15, 0.2) is 0 Å². The third-order valence-corrected chi connectivity index (χ3v) is 10.8. The molecule has 4 aliphatic rings. The zero-order chi connectivity index (χ0) is 20.1. The highest BCUT2D eigenvalue weighted by molar-refractivity contribution is 5.09. The van der Waals surface area contributed by atoms with E-state index in [4.69, 9.17) is 0 Å². The summed E-state index contributed by atoms with van der Waals surface area (Å²) in [5, 5.41) is 10.3. The fourth-order valence-corrected chi connectivity index (χ4v) is 9.26. The van der Waals surface area contributed by atoms with Gasteiger partial charge in [0.05, 0.1) is 6.10 Å². The number of rotatable bonds is 5. The van der Waals surface area contributed by atoms with Gasteiger partial charge in [-0.25, -0.2) is 0 Å². The van der Waals surface area contributed by atoms with Crippen LogP contribution in [0.15, 0.2) is 0 Å². The SMILES string of the molecule is CC(C)CCC[C@@H](C)C1CCC2C3CCC4CC(O)CC[C@]4(C)C3CC[C@@]21C. The Labute approximate surface area is 175 Å². The number of hydrogen-bond acceptors (Lipinski definition) is 1. The van der Waals surface area contributed by atoms with E-state index in [-0.39, 0.29) is 6.10 Å². The fraction of sp³-hybridized carbons (Fsp3) is 1.00. The van der Waals surface area contributed by atoms with Crippen LogP contribution in [-0.4, -0.2) is 11.2 Å². The molecule has 0 aliphatic heterocycles. The van der Waals surface area contributed by atoms with Crippen molar-refractivity contribution in [3.8, 4) is 0 Å². The molecule has 4 saturated carbocycles. The van der Waals surface area contributed by atoms with Crippen molar-refractivity contribution >= 4 is 0 Å². The van der Waals surface area contributed by atoms with Crippen molar-refractivity contribution < 1.29 is 5.11 Å². The zero-order valence-corrected chi connectivity index (χ0v) is 19.6. The van der Waals surface area contributed by atoms with E-state index in [0.29, 0.717) is 10.8 Å². The Morgan fingerprint density at radius 3 is 2.29 bits per heavy atom. The molecule has 4 fully saturated rings. The smallest absolute Gasteiger partial charge is 0.0543 e. The molecule has 0 bridgehead atoms. The van der Waals surface area contributed by atoms with E-state index in [1.54, 1.807) is 0 Å². The Morgan fingerprint density at radius 1 is 0.821 bits per heavy atom. The molecule has 0 aromatic heterocycles. The molecule has 28 heavy (non-hydrogen) atoms. The lowest BCUT2D eigenvalue weighted by Crippen LogP contribution is -2.54. The second-order valence-corrected chi connectivity index (χ2v) is 12.6. The molecule has 0 aromatic carbocycles. The minimum absolute atomic E-state index is 0.00830. The van der Waals surface area contributed by atoms with E-state index in [0.717, 1.165) is 54.3 Å². The van der Waals surface area contributed by atoms with Gasteiger partial charge in [0.2, 0.25) is 0 Å². The molecule has 162 valence electrons. The summed E-state index contributed by atoms with van der Waals surface area (Å²) in [4.78, 5) is 0. The van der Waals surface area contributed by atoms with Gasteiger partial charge in [-0.15, -0.1) is 0 Å². The van der Waals surface area contributed by atoms with Crippen LogP contribution in [0.3, 0.4) is 0 Å². The molecule has 0 saturated heterocycles. The lowest BCUT2D eigenvalue weighted by atomic mass is 9.44. The normalized spacial score (nSPS) is 49.4. The first-order valence-electron chi connectivity index (χ1n) is 12.9. The van der Waals surface area contributed by atoms with E-state index < -0.39 is 0 Å². The molecule has 0 spiro atoms. The maximum absolute atomic E-state index is 10.3. The maximum Gasteiger partial charge on any atom is 0.0543 e. The van der Waals surface area contributed by atoms with Crippen LogP contribution in [0.2, 0.25) is 0 Å². The molecule has 1 nitrogen and oxygen atoms in total. The summed E-state index contributed by atoms with van der Waals surface area (Å²) in [7, 11) is 0. The van der Waals surface area contributed by atoms with E-state index in [2.05, 4.69) is 34.6 Å². The van der Waals surface area contributed by atoms with Crippen LogP contribution < -0.4 is 0 Å². The van der Waals surface area contributed by atoms with E-state index in [9.17, 15) is 5.11 Å². The molecule has 0 amide bonds. The highest BCUT2D eigenvalue weighted by atomic mass is 16.3. The minimum atomic E-state index is -0.00830. The van der Waals surface area contributed by atoms with Gasteiger partial charge in [0.1, 0.15) is 0 Å². The summed E-state index contributed by atoms with van der Waals surface area (Å²) in [6.45, 7) is 12.7. The summed E-state index contributed by atoms with van der Waals surface area (Å²) in [5.74, 6) is 6.49. The molecule has 4 rings (SSSR count). The first-order chi connectivity index (χ1) is 13.3. The summed E-state index contributed by atoms with van der Waals surface area (Å²) in [5.41, 5.74) is 1.15. The summed E-state index contributed by atoms with van der Waals surface area (Å²) < 4.78 is 0. The molecule has 9 atom stereocenters. The number of aliphatic hydroxyl groups excluding tert-OH is 1. The molecular weight excluding hydrogens is 340 g/mol. The number of fused-ring (bicyclic) bond motifs is 5. The number of aliphatic hydroxyl groups is 1. The summed E-state index contributed by atoms with van der Waals surface area (Å²) >= 11 is 0. The lowest BCUT2D eigenvalue weighted by Gasteiger charge is -2.61. The Balaban J connectivity index is 1.46. The van der Waals surface area contributed by atoms with Gasteiger partial charge in [-0.2, -0.15) is 0 Å². The molecule has 1 heteroatoms. The van der Waals surface area contributed by atoms with E-state index >= 15 is 0 Å². The lowest BCUT2D eigenvalue weighted by molar-refractivity contribution is -0.129. The van der Waals surface area contributed by atoms with Crippen molar-refractivity contribution in [1.82, 2.24) is 0 Å². The average molecular weight is 389 g/mol. The van der Waals surface area contributed by atoms with Gasteiger partial charge in [0, 0.05) is 0 Å². The molecular formula is C27H48O. The van der Waals surface area contributed by atoms with Crippen molar-refractivity contribution in [3.05, 3.63) is 0 Å². The zero-order valence-electron chi connectivity index (χ0n) is 19.6. The highest BCUT2D eigenvalue weighted by Gasteiger charge is 2.60. The van der Waals surface area contributed by atoms with E-state index in [1.807, 2.05) is 0 Å². The minimum Gasteiger partial charge on any atom is -0.393 e. The summed E-state index contributed by atoms with van der Waals surface area (Å²) in [6, 6.07) is 0. The third kappa shape index (κ3) is 3.50. The predicted molar refractivity (Wildman–Crippen MR) is 119 cm³/mol. The highest BCUT2D eigenvalue weighted by Crippen LogP contribution is 2.68. The standard InChI is InChI=1S/C27H48O/c1-18(2)7-6-8-19(3)23-11-12-24-22-10-9-20-17-21(28)13-15-26(20,4)25(22)14-16-27(23,24)5/h18-25,28H,6-17H2,1-5H3/t19-,20?,21?,22?,23?,24?,25?,26+,27-/m1/s1. The van der Waals surface area contributed by atoms with Crippen molar-refractivity contribution in [3.63, 3.8) is 0 Å². The second kappa shape index (κ2) is 7.90. The van der Waals surface area contributed by atoms with Gasteiger partial charge < -0.3 is 5.11 Å². The van der Waals surface area contributed by atoms with Crippen LogP contribution in [0, 0.1) is 52.3 Å². The average Bonchev–Trinajstić information content (AvgIpc) is 2.99. The molecule has 0 heterocycles. The monoisotopic (exact) mass is 388 g/mol. The van der Waals surface area contributed by atoms with Crippen molar-refractivity contribution in [2.24, 2.45) is 52.3 Å². The Kier molecular flexibility index (Phi) is 5.98. The molecule has 1 N–H and O–H groups in total. The second-order valence-electron chi connectivity index (χ2n) is 12.6. The molecule has 6 unspecified atom stereocenters. The van der Waals surface area contributed by atoms with Crippen LogP contribution in [0.25, 0.3) is 0 Å². The van der Waals surface area contributed by atoms with Crippen LogP contribution in [0.1, 0.15) is 112 Å². The number of hydrogen-bond donors (Lipinski definition) is 1. The topological polar surface area (TPSA) is 20.2 Å². The van der Waals surface area contributed by atoms with Crippen molar-refractivity contribution in [2.45, 2.75) is 118 Å². The van der Waals surface area contributed by atoms with Gasteiger partial charge >= 0.3 is 0 Å². The van der Waals surface area contributed by atoms with Crippen LogP contribution >= 0.6 is 0 Å². The van der Waals surface area contributed by atoms with Gasteiger partial charge in [-0.05, 0) is 110 Å². The van der Waals surface area contributed by atoms with Gasteiger partial charge in [0.25, 0.3) is 0 Å². The fourth-order valence-electron chi connectivity index (χ4n) is 9.26. The predicted octanol–water partition coefficient (Wildman–Crippen LogP) is 7.47. The largest absolute Gasteiger partial charge is 0.393 e. The quantitative estimate of drug-likeness (QED) is 0.518. The van der Waals surface area contributed by atoms with Crippen molar-refractivity contribution in [1.29, 1.82) is 0 Å². The Morgan fingerprint density at radius 2 is 1.54 bits per heavy atom. The van der Waals surface area contributed by atoms with Crippen LogP contribution in [0.5, 0.6) is 0 Å².